The molecule has 2 aromatic rings. The minimum atomic E-state index is -1.21. The number of aliphatic hydroxyl groups excluding tert-OH is 2. The maximum atomic E-state index is 11.7. The number of carbonyl (C=O) groups excluding carboxylic acids is 1. The Bertz CT molecular complexity index is 650. The number of nitrogens with zero attached hydrogens (tertiary/aromatic N) is 3. The minimum Gasteiger partial charge on any atom is -0.448 e. The number of aromatic nitrogens is 3. The summed E-state index contributed by atoms with van der Waals surface area (Å²) in [6, 6.07) is 7.46. The molecule has 0 amide bonds. The summed E-state index contributed by atoms with van der Waals surface area (Å²) in [5.74, 6) is -0.643. The largest absolute Gasteiger partial charge is 0.448 e. The monoisotopic (exact) mass is 275 g/mol. The summed E-state index contributed by atoms with van der Waals surface area (Å²) in [7, 11) is 0. The standard InChI is InChI=1S/C13H13N3O4/c1-7-2-4-8(5-3-7)16-14-10-11(15-16)13(19)20-12(10)9(18)6-17/h2-5,9,12,17-18H,6H2,1H3. The van der Waals surface area contributed by atoms with Gasteiger partial charge in [-0.25, -0.2) is 4.79 Å². The van der Waals surface area contributed by atoms with E-state index in [1.54, 1.807) is 0 Å². The van der Waals surface area contributed by atoms with E-state index < -0.39 is 24.8 Å². The molecular weight excluding hydrogens is 262 g/mol. The van der Waals surface area contributed by atoms with Crippen molar-refractivity contribution in [1.82, 2.24) is 15.0 Å². The number of hydrogen-bond acceptors (Lipinski definition) is 6. The lowest BCUT2D eigenvalue weighted by Gasteiger charge is -2.13. The molecule has 0 aliphatic carbocycles. The van der Waals surface area contributed by atoms with Gasteiger partial charge in [-0.05, 0) is 19.1 Å². The zero-order valence-corrected chi connectivity index (χ0v) is 10.7. The fraction of sp³-hybridized carbons (Fsp3) is 0.308. The predicted molar refractivity (Wildman–Crippen MR) is 67.3 cm³/mol. The Balaban J connectivity index is 2.00. The number of fused-ring (bicyclic) bond motifs is 1. The van der Waals surface area contributed by atoms with Crippen molar-refractivity contribution in [2.24, 2.45) is 0 Å². The fourth-order valence-electron chi connectivity index (χ4n) is 2.03. The molecule has 7 heteroatoms. The second kappa shape index (κ2) is 4.69. The molecule has 1 aliphatic heterocycles. The van der Waals surface area contributed by atoms with Gasteiger partial charge < -0.3 is 14.9 Å². The van der Waals surface area contributed by atoms with Gasteiger partial charge in [-0.2, -0.15) is 4.80 Å². The molecule has 20 heavy (non-hydrogen) atoms. The van der Waals surface area contributed by atoms with Crippen molar-refractivity contribution >= 4 is 5.97 Å². The van der Waals surface area contributed by atoms with Crippen LogP contribution in [0.2, 0.25) is 0 Å². The third-order valence-electron chi connectivity index (χ3n) is 3.14. The Morgan fingerprint density at radius 1 is 1.35 bits per heavy atom. The van der Waals surface area contributed by atoms with Gasteiger partial charge >= 0.3 is 5.97 Å². The smallest absolute Gasteiger partial charge is 0.361 e. The zero-order chi connectivity index (χ0) is 14.3. The summed E-state index contributed by atoms with van der Waals surface area (Å²) in [6.07, 6.45) is -2.18. The highest BCUT2D eigenvalue weighted by Gasteiger charge is 2.40. The van der Waals surface area contributed by atoms with Crippen LogP contribution in [0, 0.1) is 6.92 Å². The van der Waals surface area contributed by atoms with Crippen LogP contribution >= 0.6 is 0 Å². The first-order valence-corrected chi connectivity index (χ1v) is 6.14. The molecule has 2 atom stereocenters. The van der Waals surface area contributed by atoms with E-state index in [1.165, 1.54) is 4.80 Å². The average molecular weight is 275 g/mol. The van der Waals surface area contributed by atoms with Crippen molar-refractivity contribution < 1.29 is 19.7 Å². The average Bonchev–Trinajstić information content (AvgIpc) is 3.00. The van der Waals surface area contributed by atoms with Crippen LogP contribution in [-0.4, -0.2) is 43.9 Å². The zero-order valence-electron chi connectivity index (χ0n) is 10.7. The molecular formula is C13H13N3O4. The normalized spacial score (nSPS) is 18.8. The number of benzene rings is 1. The van der Waals surface area contributed by atoms with Gasteiger partial charge in [-0.1, -0.05) is 17.7 Å². The van der Waals surface area contributed by atoms with Gasteiger partial charge in [0.25, 0.3) is 0 Å². The van der Waals surface area contributed by atoms with E-state index in [0.29, 0.717) is 5.69 Å². The fourth-order valence-corrected chi connectivity index (χ4v) is 2.03. The Hall–Kier alpha value is -2.25. The van der Waals surface area contributed by atoms with Crippen LogP contribution in [0.3, 0.4) is 0 Å². The van der Waals surface area contributed by atoms with E-state index in [9.17, 15) is 9.90 Å². The van der Waals surface area contributed by atoms with E-state index in [1.807, 2.05) is 31.2 Å². The minimum absolute atomic E-state index is 0.0723. The van der Waals surface area contributed by atoms with Crippen LogP contribution in [0.25, 0.3) is 5.69 Å². The highest BCUT2D eigenvalue weighted by atomic mass is 16.6. The Morgan fingerprint density at radius 3 is 2.70 bits per heavy atom. The first-order chi connectivity index (χ1) is 9.60. The molecule has 0 saturated carbocycles. The molecule has 0 bridgehead atoms. The van der Waals surface area contributed by atoms with Gasteiger partial charge in [0.1, 0.15) is 11.8 Å². The van der Waals surface area contributed by atoms with Gasteiger partial charge in [-0.15, -0.1) is 10.2 Å². The van der Waals surface area contributed by atoms with E-state index in [4.69, 9.17) is 9.84 Å². The predicted octanol–water partition coefficient (Wildman–Crippen LogP) is 0.140. The summed E-state index contributed by atoms with van der Waals surface area (Å²) >= 11 is 0. The van der Waals surface area contributed by atoms with Crippen molar-refractivity contribution in [2.75, 3.05) is 6.61 Å². The van der Waals surface area contributed by atoms with Crippen LogP contribution < -0.4 is 0 Å². The molecule has 1 aromatic carbocycles. The van der Waals surface area contributed by atoms with Crippen LogP contribution in [0.4, 0.5) is 0 Å². The van der Waals surface area contributed by atoms with Crippen molar-refractivity contribution in [2.45, 2.75) is 19.1 Å². The molecule has 0 spiro atoms. The highest BCUT2D eigenvalue weighted by molar-refractivity contribution is 5.91. The van der Waals surface area contributed by atoms with Crippen molar-refractivity contribution in [3.05, 3.63) is 41.2 Å². The summed E-state index contributed by atoms with van der Waals surface area (Å²) < 4.78 is 4.95. The van der Waals surface area contributed by atoms with Crippen molar-refractivity contribution in [3.8, 4) is 5.69 Å². The van der Waals surface area contributed by atoms with Crippen LogP contribution in [0.1, 0.15) is 27.8 Å². The molecule has 0 fully saturated rings. The summed E-state index contributed by atoms with van der Waals surface area (Å²) in [5.41, 5.74) is 2.12. The number of carbonyl (C=O) groups is 1. The molecule has 0 radical (unpaired) electrons. The lowest BCUT2D eigenvalue weighted by molar-refractivity contribution is -0.0315. The molecule has 2 heterocycles. The van der Waals surface area contributed by atoms with Crippen LogP contribution in [-0.2, 0) is 4.74 Å². The molecule has 1 aliphatic rings. The number of rotatable bonds is 3. The lowest BCUT2D eigenvalue weighted by Crippen LogP contribution is -2.23. The quantitative estimate of drug-likeness (QED) is 0.773. The molecule has 2 N–H and O–H groups in total. The maximum absolute atomic E-state index is 11.7. The summed E-state index contributed by atoms with van der Waals surface area (Å²) in [6.45, 7) is 1.44. The molecule has 3 rings (SSSR count). The number of cyclic esters (lactones) is 1. The second-order valence-corrected chi connectivity index (χ2v) is 4.63. The van der Waals surface area contributed by atoms with Crippen molar-refractivity contribution in [1.29, 1.82) is 0 Å². The Kier molecular flexibility index (Phi) is 3.00. The Labute approximate surface area is 114 Å². The van der Waals surface area contributed by atoms with Gasteiger partial charge in [-0.3, -0.25) is 0 Å². The Morgan fingerprint density at radius 2 is 2.05 bits per heavy atom. The SMILES string of the molecule is Cc1ccc(-n2nc3c(n2)C(C(O)CO)OC3=O)cc1. The number of aryl methyl sites for hydroxylation is 1. The molecule has 1 aromatic heterocycles. The maximum Gasteiger partial charge on any atom is 0.361 e. The first-order valence-electron chi connectivity index (χ1n) is 6.14. The molecule has 7 nitrogen and oxygen atoms in total. The van der Waals surface area contributed by atoms with Gasteiger partial charge in [0.05, 0.1) is 12.3 Å². The summed E-state index contributed by atoms with van der Waals surface area (Å²) in [5, 5.41) is 26.9. The first kappa shape index (κ1) is 12.8. The highest BCUT2D eigenvalue weighted by Crippen LogP contribution is 2.30. The van der Waals surface area contributed by atoms with Gasteiger partial charge in [0.2, 0.25) is 0 Å². The van der Waals surface area contributed by atoms with E-state index in [0.717, 1.165) is 5.56 Å². The molecule has 0 saturated heterocycles. The topological polar surface area (TPSA) is 97.5 Å². The third-order valence-corrected chi connectivity index (χ3v) is 3.14. The van der Waals surface area contributed by atoms with Crippen molar-refractivity contribution in [3.63, 3.8) is 0 Å². The van der Waals surface area contributed by atoms with E-state index in [-0.39, 0.29) is 11.4 Å². The van der Waals surface area contributed by atoms with E-state index in [2.05, 4.69) is 10.2 Å². The molecule has 2 unspecified atom stereocenters. The van der Waals surface area contributed by atoms with Crippen LogP contribution in [0.5, 0.6) is 0 Å². The van der Waals surface area contributed by atoms with E-state index >= 15 is 0 Å². The number of esters is 1. The lowest BCUT2D eigenvalue weighted by atomic mass is 10.1. The number of ether oxygens (including phenoxy) is 1. The summed E-state index contributed by atoms with van der Waals surface area (Å²) in [4.78, 5) is 13.0. The third kappa shape index (κ3) is 1.97. The second-order valence-electron chi connectivity index (χ2n) is 4.63. The number of hydrogen-bond donors (Lipinski definition) is 2. The van der Waals surface area contributed by atoms with Gasteiger partial charge in [0.15, 0.2) is 11.8 Å². The van der Waals surface area contributed by atoms with Crippen LogP contribution in [0.15, 0.2) is 24.3 Å². The number of aliphatic hydroxyl groups is 2. The van der Waals surface area contributed by atoms with Gasteiger partial charge in [0, 0.05) is 0 Å². The molecule has 104 valence electrons.